The van der Waals surface area contributed by atoms with Crippen molar-refractivity contribution in [3.8, 4) is 0 Å². The summed E-state index contributed by atoms with van der Waals surface area (Å²) in [7, 11) is 0. The van der Waals surface area contributed by atoms with Gasteiger partial charge in [0.2, 0.25) is 0 Å². The minimum Gasteiger partial charge on any atom is -0.512 e. The Bertz CT molecular complexity index is 738. The maximum Gasteiger partial charge on any atom is 0.137 e. The van der Waals surface area contributed by atoms with Gasteiger partial charge in [0.05, 0.1) is 5.76 Å². The standard InChI is InChI=1S/C39H72N2O2/c1-3-5-7-9-11-13-15-17-19-21-23-25-27-29-31-33-36(42)35-37(39(40)41)38(43)34-32-30-28-26-24-22-20-18-16-14-12-10-8-6-4-2/h17-20,43H,3-16,21-35H2,1-2H3,(H3,40,41). The molecule has 0 amide bonds. The Balaban J connectivity index is 3.82. The summed E-state index contributed by atoms with van der Waals surface area (Å²) in [6.07, 6.45) is 42.6. The molecule has 0 aliphatic rings. The van der Waals surface area contributed by atoms with Crippen LogP contribution in [0.3, 0.4) is 0 Å². The number of nitrogens with two attached hydrogens (primary N) is 1. The summed E-state index contributed by atoms with van der Waals surface area (Å²) in [5, 5.41) is 18.4. The van der Waals surface area contributed by atoms with E-state index in [4.69, 9.17) is 11.1 Å². The number of allylic oxidation sites excluding steroid dienone is 5. The maximum atomic E-state index is 12.5. The van der Waals surface area contributed by atoms with Crippen LogP contribution in [-0.2, 0) is 4.79 Å². The highest BCUT2D eigenvalue weighted by Crippen LogP contribution is 2.18. The van der Waals surface area contributed by atoms with Gasteiger partial charge in [-0.3, -0.25) is 10.2 Å². The van der Waals surface area contributed by atoms with Gasteiger partial charge in [-0.1, -0.05) is 141 Å². The minimum atomic E-state index is -0.164. The smallest absolute Gasteiger partial charge is 0.137 e. The molecule has 4 heteroatoms. The van der Waals surface area contributed by atoms with Gasteiger partial charge in [0.25, 0.3) is 0 Å². The van der Waals surface area contributed by atoms with Crippen LogP contribution in [0.5, 0.6) is 0 Å². The molecule has 0 aromatic carbocycles. The molecule has 0 bridgehead atoms. The van der Waals surface area contributed by atoms with Crippen molar-refractivity contribution in [2.75, 3.05) is 0 Å². The predicted molar refractivity (Wildman–Crippen MR) is 190 cm³/mol. The summed E-state index contributed by atoms with van der Waals surface area (Å²) in [5.74, 6) is 0.0603. The molecule has 0 aliphatic heterocycles. The predicted octanol–water partition coefficient (Wildman–Crippen LogP) is 12.8. The molecule has 0 aliphatic carbocycles. The molecule has 43 heavy (non-hydrogen) atoms. The maximum absolute atomic E-state index is 12.5. The van der Waals surface area contributed by atoms with Crippen molar-refractivity contribution in [2.24, 2.45) is 5.73 Å². The van der Waals surface area contributed by atoms with Crippen LogP contribution in [0.4, 0.5) is 0 Å². The normalized spacial score (nSPS) is 12.4. The number of carbonyl (C=O) groups is 1. The van der Waals surface area contributed by atoms with E-state index in [1.807, 2.05) is 0 Å². The minimum absolute atomic E-state index is 0.0823. The number of hydrogen-bond acceptors (Lipinski definition) is 3. The zero-order chi connectivity index (χ0) is 31.6. The number of carbonyl (C=O) groups excluding carboxylic acids is 1. The van der Waals surface area contributed by atoms with Crippen molar-refractivity contribution in [1.82, 2.24) is 0 Å². The van der Waals surface area contributed by atoms with E-state index in [1.54, 1.807) is 0 Å². The van der Waals surface area contributed by atoms with E-state index in [9.17, 15) is 9.90 Å². The summed E-state index contributed by atoms with van der Waals surface area (Å²) >= 11 is 0. The second kappa shape index (κ2) is 33.1. The van der Waals surface area contributed by atoms with E-state index in [-0.39, 0.29) is 23.8 Å². The Hall–Kier alpha value is -1.84. The van der Waals surface area contributed by atoms with Crippen molar-refractivity contribution >= 4 is 11.6 Å². The molecule has 4 nitrogen and oxygen atoms in total. The second-order valence-electron chi connectivity index (χ2n) is 12.7. The first-order valence-electron chi connectivity index (χ1n) is 18.6. The largest absolute Gasteiger partial charge is 0.512 e. The van der Waals surface area contributed by atoms with Crippen molar-refractivity contribution in [3.63, 3.8) is 0 Å². The fourth-order valence-corrected chi connectivity index (χ4v) is 5.55. The second-order valence-corrected chi connectivity index (χ2v) is 12.7. The van der Waals surface area contributed by atoms with Crippen molar-refractivity contribution in [3.05, 3.63) is 35.6 Å². The van der Waals surface area contributed by atoms with Crippen molar-refractivity contribution in [1.29, 1.82) is 5.41 Å². The molecule has 0 saturated carbocycles. The lowest BCUT2D eigenvalue weighted by molar-refractivity contribution is -0.118. The molecule has 0 rings (SSSR count). The number of hydrogen-bond donors (Lipinski definition) is 3. The van der Waals surface area contributed by atoms with E-state index < -0.39 is 0 Å². The third-order valence-corrected chi connectivity index (χ3v) is 8.44. The van der Waals surface area contributed by atoms with Crippen LogP contribution in [-0.4, -0.2) is 16.7 Å². The molecule has 4 N–H and O–H groups in total. The zero-order valence-corrected chi connectivity index (χ0v) is 28.7. The SMILES string of the molecule is CCCCCCCCC=CCCCCCCCC(=O)CC(C(=N)N)=C(O)CCCCCCCC=CCCCCCCCC. The number of aliphatic hydroxyl groups is 1. The fourth-order valence-electron chi connectivity index (χ4n) is 5.55. The molecule has 0 aromatic rings. The fraction of sp³-hybridized carbons (Fsp3) is 0.795. The van der Waals surface area contributed by atoms with Gasteiger partial charge in [0.15, 0.2) is 0 Å². The molecule has 0 unspecified atom stereocenters. The third-order valence-electron chi connectivity index (χ3n) is 8.44. The quantitative estimate of drug-likeness (QED) is 0.0230. The Labute approximate surface area is 268 Å². The van der Waals surface area contributed by atoms with Crippen LogP contribution >= 0.6 is 0 Å². The van der Waals surface area contributed by atoms with Gasteiger partial charge in [-0.15, -0.1) is 0 Å². The van der Waals surface area contributed by atoms with Crippen molar-refractivity contribution in [2.45, 2.75) is 200 Å². The summed E-state index contributed by atoms with van der Waals surface area (Å²) in [5.41, 5.74) is 6.07. The first kappa shape index (κ1) is 41.2. The van der Waals surface area contributed by atoms with E-state index in [0.717, 1.165) is 51.4 Å². The number of ketones is 1. The number of nitrogens with one attached hydrogen (secondary N) is 1. The van der Waals surface area contributed by atoms with E-state index in [1.165, 1.54) is 116 Å². The van der Waals surface area contributed by atoms with Gasteiger partial charge in [0.1, 0.15) is 11.6 Å². The lowest BCUT2D eigenvalue weighted by Gasteiger charge is -2.10. The highest BCUT2D eigenvalue weighted by molar-refractivity contribution is 6.00. The monoisotopic (exact) mass is 601 g/mol. The first-order valence-corrected chi connectivity index (χ1v) is 18.6. The molecule has 0 fully saturated rings. The van der Waals surface area contributed by atoms with Crippen LogP contribution in [0.2, 0.25) is 0 Å². The zero-order valence-electron chi connectivity index (χ0n) is 28.7. The van der Waals surface area contributed by atoms with Gasteiger partial charge in [-0.05, 0) is 64.2 Å². The summed E-state index contributed by atoms with van der Waals surface area (Å²) in [6, 6.07) is 0. The molecule has 0 spiro atoms. The average Bonchev–Trinajstić information content (AvgIpc) is 2.99. The van der Waals surface area contributed by atoms with Crippen LogP contribution < -0.4 is 5.73 Å². The number of aliphatic hydroxyl groups excluding tert-OH is 1. The Morgan fingerprint density at radius 3 is 1.23 bits per heavy atom. The van der Waals surface area contributed by atoms with Gasteiger partial charge in [-0.25, -0.2) is 0 Å². The van der Waals surface area contributed by atoms with Crippen molar-refractivity contribution < 1.29 is 9.90 Å². The molecular weight excluding hydrogens is 528 g/mol. The molecular formula is C39H72N2O2. The van der Waals surface area contributed by atoms with Gasteiger partial charge in [0, 0.05) is 24.8 Å². The van der Waals surface area contributed by atoms with Gasteiger partial charge in [-0.2, -0.15) is 0 Å². The number of amidine groups is 1. The van der Waals surface area contributed by atoms with Crippen LogP contribution in [0.25, 0.3) is 0 Å². The number of rotatable bonds is 33. The van der Waals surface area contributed by atoms with E-state index >= 15 is 0 Å². The molecule has 0 atom stereocenters. The van der Waals surface area contributed by atoms with E-state index in [0.29, 0.717) is 18.4 Å². The average molecular weight is 601 g/mol. The third kappa shape index (κ3) is 30.0. The summed E-state index contributed by atoms with van der Waals surface area (Å²) in [4.78, 5) is 12.5. The van der Waals surface area contributed by atoms with Crippen LogP contribution in [0, 0.1) is 5.41 Å². The first-order chi connectivity index (χ1) is 21.0. The topological polar surface area (TPSA) is 87.2 Å². The van der Waals surface area contributed by atoms with Gasteiger partial charge < -0.3 is 10.8 Å². The Morgan fingerprint density at radius 2 is 0.860 bits per heavy atom. The lowest BCUT2D eigenvalue weighted by Crippen LogP contribution is -2.18. The van der Waals surface area contributed by atoms with Crippen LogP contribution in [0.15, 0.2) is 35.6 Å². The molecule has 0 aromatic heterocycles. The molecule has 0 heterocycles. The Morgan fingerprint density at radius 1 is 0.535 bits per heavy atom. The molecule has 250 valence electrons. The highest BCUT2D eigenvalue weighted by Gasteiger charge is 2.14. The molecule has 0 saturated heterocycles. The van der Waals surface area contributed by atoms with E-state index in [2.05, 4.69) is 38.2 Å². The highest BCUT2D eigenvalue weighted by atomic mass is 16.3. The summed E-state index contributed by atoms with van der Waals surface area (Å²) in [6.45, 7) is 4.53. The number of unbranched alkanes of at least 4 members (excludes halogenated alkanes) is 22. The summed E-state index contributed by atoms with van der Waals surface area (Å²) < 4.78 is 0. The Kier molecular flexibility index (Phi) is 31.6. The lowest BCUT2D eigenvalue weighted by atomic mass is 9.99. The molecule has 0 radical (unpaired) electrons. The van der Waals surface area contributed by atoms with Crippen LogP contribution in [0.1, 0.15) is 200 Å². The van der Waals surface area contributed by atoms with Gasteiger partial charge >= 0.3 is 0 Å². The number of Topliss-reactive ketones (excluding diaryl/α,β-unsaturated/α-hetero) is 1.